The van der Waals surface area contributed by atoms with Crippen molar-refractivity contribution in [2.75, 3.05) is 20.2 Å². The Kier molecular flexibility index (Phi) is 7.80. The maximum Gasteiger partial charge on any atom is 0.254 e. The van der Waals surface area contributed by atoms with E-state index in [4.69, 9.17) is 9.47 Å². The van der Waals surface area contributed by atoms with Crippen molar-refractivity contribution in [2.45, 2.75) is 13.2 Å². The van der Waals surface area contributed by atoms with Crippen LogP contribution in [0, 0.1) is 5.82 Å². The zero-order valence-corrected chi connectivity index (χ0v) is 16.9. The van der Waals surface area contributed by atoms with E-state index >= 15 is 0 Å². The lowest BCUT2D eigenvalue weighted by atomic mass is 10.2. The number of nitrogens with two attached hydrogens (primary N) is 1. The van der Waals surface area contributed by atoms with Crippen LogP contribution in [0.15, 0.2) is 72.8 Å². The summed E-state index contributed by atoms with van der Waals surface area (Å²) in [4.78, 5) is 12.0. The van der Waals surface area contributed by atoms with E-state index in [1.165, 1.54) is 12.1 Å². The molecule has 3 aromatic rings. The minimum Gasteiger partial charge on any atom is -0.493 e. The van der Waals surface area contributed by atoms with Crippen molar-refractivity contribution < 1.29 is 24.0 Å². The molecular formula is C24H26FN2O3+. The van der Waals surface area contributed by atoms with Crippen LogP contribution < -0.4 is 20.1 Å². The van der Waals surface area contributed by atoms with E-state index in [9.17, 15) is 9.18 Å². The molecule has 0 heterocycles. The van der Waals surface area contributed by atoms with Crippen molar-refractivity contribution in [1.82, 2.24) is 5.32 Å². The van der Waals surface area contributed by atoms with Gasteiger partial charge >= 0.3 is 0 Å². The van der Waals surface area contributed by atoms with E-state index in [0.29, 0.717) is 31.2 Å². The summed E-state index contributed by atoms with van der Waals surface area (Å²) in [5.41, 5.74) is 2.23. The molecule has 3 aromatic carbocycles. The Bertz CT molecular complexity index is 964. The number of hydrogen-bond acceptors (Lipinski definition) is 3. The van der Waals surface area contributed by atoms with Gasteiger partial charge in [0.05, 0.1) is 25.8 Å². The minimum atomic E-state index is -0.514. The highest BCUT2D eigenvalue weighted by atomic mass is 19.1. The smallest absolute Gasteiger partial charge is 0.254 e. The number of carbonyl (C=O) groups is 1. The maximum atomic E-state index is 13.6. The zero-order valence-electron chi connectivity index (χ0n) is 16.9. The summed E-state index contributed by atoms with van der Waals surface area (Å²) in [7, 11) is 1.62. The number of carbonyl (C=O) groups excluding carboxylic acids is 1. The molecule has 0 spiro atoms. The lowest BCUT2D eigenvalue weighted by molar-refractivity contribution is -0.668. The van der Waals surface area contributed by atoms with Crippen molar-refractivity contribution in [3.05, 3.63) is 95.3 Å². The third kappa shape index (κ3) is 6.06. The molecule has 156 valence electrons. The molecule has 0 bridgehead atoms. The summed E-state index contributed by atoms with van der Waals surface area (Å²) < 4.78 is 25.0. The first-order valence-electron chi connectivity index (χ1n) is 9.85. The van der Waals surface area contributed by atoms with Gasteiger partial charge in [-0.1, -0.05) is 42.5 Å². The van der Waals surface area contributed by atoms with Crippen LogP contribution in [0.2, 0.25) is 0 Å². The maximum absolute atomic E-state index is 13.6. The van der Waals surface area contributed by atoms with Gasteiger partial charge in [0.15, 0.2) is 11.5 Å². The second kappa shape index (κ2) is 11.0. The molecule has 5 nitrogen and oxygen atoms in total. The van der Waals surface area contributed by atoms with Gasteiger partial charge in [-0.3, -0.25) is 4.79 Å². The molecule has 0 saturated heterocycles. The van der Waals surface area contributed by atoms with Crippen molar-refractivity contribution in [3.8, 4) is 11.5 Å². The standard InChI is InChI=1S/C24H25FN2O3/c1-29-22-12-11-19(15-23(22)30-17-18-7-3-2-4-8-18)16-26-13-14-27-24(28)20-9-5-6-10-21(20)25/h2-12,15,26H,13-14,16-17H2,1H3,(H,27,28)/p+1. The normalized spacial score (nSPS) is 10.5. The van der Waals surface area contributed by atoms with Crippen molar-refractivity contribution in [3.63, 3.8) is 0 Å². The Labute approximate surface area is 175 Å². The van der Waals surface area contributed by atoms with Gasteiger partial charge in [-0.2, -0.15) is 0 Å². The van der Waals surface area contributed by atoms with E-state index in [2.05, 4.69) is 10.6 Å². The largest absolute Gasteiger partial charge is 0.493 e. The molecule has 0 fully saturated rings. The van der Waals surface area contributed by atoms with Gasteiger partial charge < -0.3 is 20.1 Å². The number of ether oxygens (including phenoxy) is 2. The first-order chi connectivity index (χ1) is 14.7. The van der Waals surface area contributed by atoms with E-state index < -0.39 is 11.7 Å². The average Bonchev–Trinajstić information content (AvgIpc) is 2.78. The van der Waals surface area contributed by atoms with Crippen LogP contribution in [0.4, 0.5) is 4.39 Å². The fraction of sp³-hybridized carbons (Fsp3) is 0.208. The number of benzene rings is 3. The number of quaternary nitrogens is 1. The monoisotopic (exact) mass is 409 g/mol. The summed E-state index contributed by atoms with van der Waals surface area (Å²) in [6.45, 7) is 2.31. The van der Waals surface area contributed by atoms with Crippen LogP contribution in [0.3, 0.4) is 0 Å². The third-order valence-corrected chi connectivity index (χ3v) is 4.60. The van der Waals surface area contributed by atoms with Gasteiger partial charge in [-0.05, 0) is 35.9 Å². The molecular weight excluding hydrogens is 383 g/mol. The third-order valence-electron chi connectivity index (χ3n) is 4.60. The Morgan fingerprint density at radius 1 is 0.967 bits per heavy atom. The number of methoxy groups -OCH3 is 1. The van der Waals surface area contributed by atoms with Crippen molar-refractivity contribution in [1.29, 1.82) is 0 Å². The average molecular weight is 409 g/mol. The van der Waals surface area contributed by atoms with Crippen LogP contribution in [-0.4, -0.2) is 26.1 Å². The summed E-state index contributed by atoms with van der Waals surface area (Å²) in [5, 5.41) is 4.81. The summed E-state index contributed by atoms with van der Waals surface area (Å²) in [5.74, 6) is 0.467. The van der Waals surface area contributed by atoms with Crippen molar-refractivity contribution in [2.24, 2.45) is 0 Å². The molecule has 6 heteroatoms. The zero-order chi connectivity index (χ0) is 21.2. The summed E-state index contributed by atoms with van der Waals surface area (Å²) in [6, 6.07) is 21.8. The van der Waals surface area contributed by atoms with Gasteiger partial charge in [0.2, 0.25) is 0 Å². The molecule has 0 aliphatic carbocycles. The number of hydrogen-bond donors (Lipinski definition) is 2. The summed E-state index contributed by atoms with van der Waals surface area (Å²) >= 11 is 0. The van der Waals surface area contributed by atoms with E-state index in [1.807, 2.05) is 48.5 Å². The Morgan fingerprint density at radius 3 is 2.50 bits per heavy atom. The van der Waals surface area contributed by atoms with E-state index in [-0.39, 0.29) is 5.56 Å². The topological polar surface area (TPSA) is 64.2 Å². The lowest BCUT2D eigenvalue weighted by Gasteiger charge is -2.12. The molecule has 0 aliphatic rings. The predicted molar refractivity (Wildman–Crippen MR) is 113 cm³/mol. The molecule has 0 saturated carbocycles. The van der Waals surface area contributed by atoms with Gasteiger partial charge in [0, 0.05) is 5.56 Å². The van der Waals surface area contributed by atoms with Gasteiger partial charge in [-0.15, -0.1) is 0 Å². The Morgan fingerprint density at radius 2 is 1.73 bits per heavy atom. The first kappa shape index (κ1) is 21.3. The van der Waals surface area contributed by atoms with Gasteiger partial charge in [0.1, 0.15) is 19.0 Å². The molecule has 1 amide bonds. The quantitative estimate of drug-likeness (QED) is 0.506. The van der Waals surface area contributed by atoms with Crippen LogP contribution in [0.5, 0.6) is 11.5 Å². The highest BCUT2D eigenvalue weighted by Gasteiger charge is 2.10. The van der Waals surface area contributed by atoms with Gasteiger partial charge in [-0.25, -0.2) is 4.39 Å². The molecule has 0 radical (unpaired) electrons. The van der Waals surface area contributed by atoms with E-state index in [1.54, 1.807) is 19.2 Å². The van der Waals surface area contributed by atoms with Gasteiger partial charge in [0.25, 0.3) is 5.91 Å². The molecule has 3 rings (SSSR count). The fourth-order valence-electron chi connectivity index (χ4n) is 2.99. The second-order valence-electron chi connectivity index (χ2n) is 6.78. The van der Waals surface area contributed by atoms with Crippen LogP contribution in [0.1, 0.15) is 21.5 Å². The predicted octanol–water partition coefficient (Wildman–Crippen LogP) is 2.91. The number of amides is 1. The van der Waals surface area contributed by atoms with Crippen LogP contribution >= 0.6 is 0 Å². The first-order valence-corrected chi connectivity index (χ1v) is 9.85. The number of nitrogens with one attached hydrogen (secondary N) is 1. The Hall–Kier alpha value is -3.38. The number of halogens is 1. The molecule has 0 aromatic heterocycles. The number of rotatable bonds is 10. The molecule has 0 unspecified atom stereocenters. The molecule has 0 aliphatic heterocycles. The van der Waals surface area contributed by atoms with Crippen molar-refractivity contribution >= 4 is 5.91 Å². The summed E-state index contributed by atoms with van der Waals surface area (Å²) in [6.07, 6.45) is 0. The minimum absolute atomic E-state index is 0.0628. The van der Waals surface area contributed by atoms with Crippen LogP contribution in [-0.2, 0) is 13.2 Å². The SMILES string of the molecule is COc1ccc(C[NH2+]CCNC(=O)c2ccccc2F)cc1OCc1ccccc1. The highest BCUT2D eigenvalue weighted by Crippen LogP contribution is 2.28. The molecule has 30 heavy (non-hydrogen) atoms. The highest BCUT2D eigenvalue weighted by molar-refractivity contribution is 5.94. The molecule has 3 N–H and O–H groups in total. The van der Waals surface area contributed by atoms with Crippen LogP contribution in [0.25, 0.3) is 0 Å². The fourth-order valence-corrected chi connectivity index (χ4v) is 2.99. The lowest BCUT2D eigenvalue weighted by Crippen LogP contribution is -2.84. The molecule has 0 atom stereocenters. The second-order valence-corrected chi connectivity index (χ2v) is 6.78. The van der Waals surface area contributed by atoms with E-state index in [0.717, 1.165) is 17.7 Å². The Balaban J connectivity index is 1.47.